The average Bonchev–Trinajstić information content (AvgIpc) is 3.00. The quantitative estimate of drug-likeness (QED) is 0.363. The molecule has 1 unspecified atom stereocenters. The van der Waals surface area contributed by atoms with Crippen molar-refractivity contribution >= 4 is 40.7 Å². The van der Waals surface area contributed by atoms with Crippen LogP contribution in [-0.2, 0) is 29.0 Å². The number of amides is 2. The van der Waals surface area contributed by atoms with Crippen molar-refractivity contribution in [3.8, 4) is 0 Å². The van der Waals surface area contributed by atoms with Crippen molar-refractivity contribution in [2.45, 2.75) is 58.3 Å². The van der Waals surface area contributed by atoms with Crippen LogP contribution in [0.5, 0.6) is 0 Å². The van der Waals surface area contributed by atoms with E-state index in [-0.39, 0.29) is 5.91 Å². The number of nitrogens with one attached hydrogen (secondary N) is 3. The number of rotatable bonds is 6. The van der Waals surface area contributed by atoms with Crippen molar-refractivity contribution in [3.05, 3.63) is 95.6 Å². The maximum Gasteiger partial charge on any atom is 0.412 e. The van der Waals surface area contributed by atoms with Crippen LogP contribution in [0.25, 0.3) is 0 Å². The second-order valence-corrected chi connectivity index (χ2v) is 10.7. The summed E-state index contributed by atoms with van der Waals surface area (Å²) in [6.07, 6.45) is 0.851. The number of para-hydroxylation sites is 1. The lowest BCUT2D eigenvalue weighted by atomic mass is 10.1. The van der Waals surface area contributed by atoms with E-state index in [1.54, 1.807) is 11.0 Å². The number of aryl methyl sites for hydroxylation is 1. The molecule has 0 saturated heterocycles. The monoisotopic (exact) mass is 530 g/mol. The van der Waals surface area contributed by atoms with E-state index in [0.717, 1.165) is 28.8 Å². The van der Waals surface area contributed by atoms with Crippen LogP contribution >= 0.6 is 12.2 Å². The third-order valence-corrected chi connectivity index (χ3v) is 6.33. The Hall–Kier alpha value is -3.91. The fourth-order valence-electron chi connectivity index (χ4n) is 4.35. The highest BCUT2D eigenvalue weighted by Gasteiger charge is 2.31. The van der Waals surface area contributed by atoms with E-state index in [1.165, 1.54) is 0 Å². The van der Waals surface area contributed by atoms with Gasteiger partial charge in [0.25, 0.3) is 0 Å². The van der Waals surface area contributed by atoms with Crippen LogP contribution in [0.4, 0.5) is 16.2 Å². The first-order chi connectivity index (χ1) is 18.2. The lowest BCUT2D eigenvalue weighted by Gasteiger charge is -2.27. The molecule has 38 heavy (non-hydrogen) atoms. The van der Waals surface area contributed by atoms with E-state index in [1.807, 2.05) is 87.5 Å². The molecule has 4 rings (SSSR count). The van der Waals surface area contributed by atoms with Crippen molar-refractivity contribution in [1.82, 2.24) is 10.6 Å². The van der Waals surface area contributed by atoms with Crippen LogP contribution in [-0.4, -0.2) is 28.8 Å². The van der Waals surface area contributed by atoms with E-state index in [2.05, 4.69) is 22.0 Å². The summed E-state index contributed by atoms with van der Waals surface area (Å²) < 4.78 is 5.37. The smallest absolute Gasteiger partial charge is 0.412 e. The number of thiocarbonyl (C=S) groups is 1. The molecule has 3 N–H and O–H groups in total. The predicted octanol–water partition coefficient (Wildman–Crippen LogP) is 5.55. The summed E-state index contributed by atoms with van der Waals surface area (Å²) in [5.41, 5.74) is 3.99. The molecule has 0 saturated carbocycles. The van der Waals surface area contributed by atoms with Gasteiger partial charge >= 0.3 is 6.09 Å². The van der Waals surface area contributed by atoms with Crippen molar-refractivity contribution < 1.29 is 14.3 Å². The molecule has 0 fully saturated rings. The number of anilines is 2. The minimum absolute atomic E-state index is 0.0516. The van der Waals surface area contributed by atoms with E-state index in [4.69, 9.17) is 17.0 Å². The maximum atomic E-state index is 13.8. The lowest BCUT2D eigenvalue weighted by molar-refractivity contribution is -0.120. The molecule has 0 aliphatic carbocycles. The van der Waals surface area contributed by atoms with Gasteiger partial charge in [0.1, 0.15) is 11.6 Å². The first-order valence-corrected chi connectivity index (χ1v) is 13.2. The molecule has 0 bridgehead atoms. The van der Waals surface area contributed by atoms with Gasteiger partial charge in [-0.15, -0.1) is 0 Å². The van der Waals surface area contributed by atoms with Crippen LogP contribution in [0.15, 0.2) is 78.9 Å². The molecule has 198 valence electrons. The Morgan fingerprint density at radius 3 is 2.47 bits per heavy atom. The van der Waals surface area contributed by atoms with Crippen LogP contribution < -0.4 is 20.9 Å². The van der Waals surface area contributed by atoms with Crippen LogP contribution in [0, 0.1) is 0 Å². The molecular weight excluding hydrogens is 496 g/mol. The first kappa shape index (κ1) is 27.1. The predicted molar refractivity (Wildman–Crippen MR) is 155 cm³/mol. The van der Waals surface area contributed by atoms with Gasteiger partial charge in [-0.1, -0.05) is 60.7 Å². The third-order valence-electron chi connectivity index (χ3n) is 6.06. The second kappa shape index (κ2) is 12.1. The summed E-state index contributed by atoms with van der Waals surface area (Å²) >= 11 is 5.54. The number of benzene rings is 3. The molecule has 3 aromatic carbocycles. The molecule has 3 aromatic rings. The third kappa shape index (κ3) is 7.55. The molecule has 2 amide bonds. The average molecular weight is 531 g/mol. The van der Waals surface area contributed by atoms with Gasteiger partial charge < -0.3 is 20.3 Å². The molecular formula is C30H34N4O3S. The Morgan fingerprint density at radius 1 is 1.00 bits per heavy atom. The number of carbonyl (C=O) groups is 2. The van der Waals surface area contributed by atoms with Gasteiger partial charge in [0.05, 0.1) is 6.54 Å². The summed E-state index contributed by atoms with van der Waals surface area (Å²) in [6, 6.07) is 24.9. The minimum atomic E-state index is -0.595. The fraction of sp³-hybridized carbons (Fsp3) is 0.300. The number of hydrogen-bond acceptors (Lipinski definition) is 4. The molecule has 1 aliphatic rings. The summed E-state index contributed by atoms with van der Waals surface area (Å²) in [6.45, 7) is 6.38. The summed E-state index contributed by atoms with van der Waals surface area (Å²) in [5.74, 6) is -0.0516. The molecule has 0 aromatic heterocycles. The van der Waals surface area contributed by atoms with Gasteiger partial charge in [-0.2, -0.15) is 0 Å². The van der Waals surface area contributed by atoms with E-state index < -0.39 is 17.7 Å². The Balaban J connectivity index is 1.49. The molecule has 0 radical (unpaired) electrons. The van der Waals surface area contributed by atoms with E-state index in [0.29, 0.717) is 30.3 Å². The Labute approximate surface area is 229 Å². The molecule has 1 heterocycles. The normalized spacial score (nSPS) is 15.2. The highest BCUT2D eigenvalue weighted by atomic mass is 32.1. The number of fused-ring (bicyclic) bond motifs is 1. The zero-order valence-corrected chi connectivity index (χ0v) is 22.8. The molecule has 8 heteroatoms. The Morgan fingerprint density at radius 2 is 1.71 bits per heavy atom. The number of hydrogen-bond donors (Lipinski definition) is 3. The lowest BCUT2D eigenvalue weighted by Crippen LogP contribution is -2.50. The zero-order valence-electron chi connectivity index (χ0n) is 22.0. The summed E-state index contributed by atoms with van der Waals surface area (Å²) in [7, 11) is 0. The van der Waals surface area contributed by atoms with Crippen molar-refractivity contribution in [3.63, 3.8) is 0 Å². The van der Waals surface area contributed by atoms with Gasteiger partial charge in [-0.25, -0.2) is 4.79 Å². The Kier molecular flexibility index (Phi) is 8.63. The highest BCUT2D eigenvalue weighted by molar-refractivity contribution is 7.80. The van der Waals surface area contributed by atoms with Gasteiger partial charge in [-0.3, -0.25) is 10.1 Å². The van der Waals surface area contributed by atoms with Gasteiger partial charge in [0, 0.05) is 17.9 Å². The standard InChI is InChI=1S/C30H34N4O3S/c1-30(2,3)37-29(36)32-24-14-9-12-22(18-24)20-34-26-15-8-7-13-23(26)16-17-25(27(34)35)33-28(38)31-19-21-10-5-4-6-11-21/h4-15,18,25H,16-17,19-20H2,1-3H3,(H,32,36)(H2,31,33,38). The van der Waals surface area contributed by atoms with Gasteiger partial charge in [0.2, 0.25) is 5.91 Å². The summed E-state index contributed by atoms with van der Waals surface area (Å²) in [5, 5.41) is 9.68. The van der Waals surface area contributed by atoms with Crippen LogP contribution in [0.3, 0.4) is 0 Å². The SMILES string of the molecule is CC(C)(C)OC(=O)Nc1cccc(CN2C(=O)C(NC(=S)NCc3ccccc3)CCc3ccccc32)c1. The van der Waals surface area contributed by atoms with E-state index >= 15 is 0 Å². The Bertz CT molecular complexity index is 1290. The molecule has 0 spiro atoms. The summed E-state index contributed by atoms with van der Waals surface area (Å²) in [4.78, 5) is 27.9. The van der Waals surface area contributed by atoms with Crippen LogP contribution in [0.2, 0.25) is 0 Å². The maximum absolute atomic E-state index is 13.8. The van der Waals surface area contributed by atoms with Crippen LogP contribution in [0.1, 0.15) is 43.9 Å². The number of carbonyl (C=O) groups excluding carboxylic acids is 2. The largest absolute Gasteiger partial charge is 0.444 e. The highest BCUT2D eigenvalue weighted by Crippen LogP contribution is 2.29. The number of nitrogens with zero attached hydrogens (tertiary/aromatic N) is 1. The zero-order chi connectivity index (χ0) is 27.1. The van der Waals surface area contributed by atoms with Crippen molar-refractivity contribution in [2.75, 3.05) is 10.2 Å². The molecule has 7 nitrogen and oxygen atoms in total. The first-order valence-electron chi connectivity index (χ1n) is 12.7. The minimum Gasteiger partial charge on any atom is -0.444 e. The van der Waals surface area contributed by atoms with Crippen molar-refractivity contribution in [1.29, 1.82) is 0 Å². The van der Waals surface area contributed by atoms with Crippen molar-refractivity contribution in [2.24, 2.45) is 0 Å². The number of ether oxygens (including phenoxy) is 1. The topological polar surface area (TPSA) is 82.7 Å². The fourth-order valence-corrected chi connectivity index (χ4v) is 4.57. The van der Waals surface area contributed by atoms with E-state index in [9.17, 15) is 9.59 Å². The van der Waals surface area contributed by atoms with Gasteiger partial charge in [-0.05, 0) is 80.7 Å². The molecule has 1 atom stereocenters. The second-order valence-electron chi connectivity index (χ2n) is 10.3. The van der Waals surface area contributed by atoms with Gasteiger partial charge in [0.15, 0.2) is 5.11 Å². The molecule has 1 aliphatic heterocycles.